The molecule has 0 unspecified atom stereocenters. The maximum Gasteiger partial charge on any atom is 0.222 e. The fraction of sp³-hybridized carbons (Fsp3) is 0.522. The summed E-state index contributed by atoms with van der Waals surface area (Å²) < 4.78 is 25.2. The Balaban J connectivity index is 1.34. The van der Waals surface area contributed by atoms with Gasteiger partial charge in [0.15, 0.2) is 0 Å². The number of nitrogens with zero attached hydrogens (tertiary/aromatic N) is 3. The van der Waals surface area contributed by atoms with Crippen LogP contribution in [0.25, 0.3) is 0 Å². The molecule has 0 saturated carbocycles. The Morgan fingerprint density at radius 2 is 2.06 bits per heavy atom. The highest BCUT2D eigenvalue weighted by Gasteiger charge is 2.38. The zero-order chi connectivity index (χ0) is 22.3. The van der Waals surface area contributed by atoms with Gasteiger partial charge in [0.1, 0.15) is 12.1 Å². The molecule has 4 rings (SSSR count). The van der Waals surface area contributed by atoms with Crippen LogP contribution in [0.2, 0.25) is 0 Å². The number of halogens is 1. The van der Waals surface area contributed by atoms with E-state index in [-0.39, 0.29) is 43.0 Å². The number of aromatic nitrogens is 2. The highest BCUT2D eigenvalue weighted by Crippen LogP contribution is 2.28. The smallest absolute Gasteiger partial charge is 0.222 e. The third kappa shape index (κ3) is 6.29. The molecule has 172 valence electrons. The zero-order valence-corrected chi connectivity index (χ0v) is 17.9. The van der Waals surface area contributed by atoms with Crippen molar-refractivity contribution in [3.05, 3.63) is 59.9 Å². The fourth-order valence-electron chi connectivity index (χ4n) is 4.34. The van der Waals surface area contributed by atoms with E-state index in [0.29, 0.717) is 26.2 Å². The van der Waals surface area contributed by atoms with Crippen molar-refractivity contribution in [3.63, 3.8) is 0 Å². The third-order valence-corrected chi connectivity index (χ3v) is 5.91. The Kier molecular flexibility index (Phi) is 7.75. The van der Waals surface area contributed by atoms with Crippen LogP contribution < -0.4 is 5.32 Å². The van der Waals surface area contributed by atoms with E-state index in [4.69, 9.17) is 9.47 Å². The van der Waals surface area contributed by atoms with Crippen LogP contribution >= 0.6 is 0 Å². The quantitative estimate of drug-likeness (QED) is 0.696. The van der Waals surface area contributed by atoms with Crippen LogP contribution in [0.15, 0.2) is 42.9 Å². The average molecular weight is 445 g/mol. The van der Waals surface area contributed by atoms with Gasteiger partial charge in [-0.25, -0.2) is 14.4 Å². The van der Waals surface area contributed by atoms with Crippen molar-refractivity contribution in [3.8, 4) is 0 Å². The second kappa shape index (κ2) is 10.9. The summed E-state index contributed by atoms with van der Waals surface area (Å²) in [7, 11) is 0. The summed E-state index contributed by atoms with van der Waals surface area (Å²) in [4.78, 5) is 22.6. The van der Waals surface area contributed by atoms with Gasteiger partial charge in [-0.05, 0) is 36.6 Å². The summed E-state index contributed by atoms with van der Waals surface area (Å²) >= 11 is 0. The molecule has 2 saturated heterocycles. The minimum Gasteiger partial charge on any atom is -0.389 e. The molecule has 2 aliphatic heterocycles. The highest BCUT2D eigenvalue weighted by atomic mass is 19.1. The lowest BCUT2D eigenvalue weighted by molar-refractivity contribution is -0.158. The Bertz CT molecular complexity index is 870. The predicted molar refractivity (Wildman–Crippen MR) is 114 cm³/mol. The number of fused-ring (bicyclic) bond motifs is 1. The Morgan fingerprint density at radius 1 is 1.22 bits per heavy atom. The van der Waals surface area contributed by atoms with E-state index in [0.717, 1.165) is 24.1 Å². The van der Waals surface area contributed by atoms with Crippen molar-refractivity contribution < 1.29 is 23.8 Å². The van der Waals surface area contributed by atoms with E-state index < -0.39 is 6.10 Å². The summed E-state index contributed by atoms with van der Waals surface area (Å²) in [5.41, 5.74) is 1.73. The van der Waals surface area contributed by atoms with Crippen LogP contribution in [0.5, 0.6) is 0 Å². The number of aliphatic hydroxyl groups is 1. The van der Waals surface area contributed by atoms with Crippen LogP contribution in [0.4, 0.5) is 4.39 Å². The molecule has 3 heterocycles. The number of β-amino-alcohol motifs (C(OH)–C–C–N with tert-alkyl or cyclic N) is 1. The fourth-order valence-corrected chi connectivity index (χ4v) is 4.34. The summed E-state index contributed by atoms with van der Waals surface area (Å²) in [6, 6.07) is 8.24. The largest absolute Gasteiger partial charge is 0.389 e. The van der Waals surface area contributed by atoms with Crippen LogP contribution in [-0.2, 0) is 27.4 Å². The number of amides is 1. The first-order valence-electron chi connectivity index (χ1n) is 11.0. The minimum absolute atomic E-state index is 0.0512. The van der Waals surface area contributed by atoms with Crippen LogP contribution in [-0.4, -0.2) is 70.0 Å². The average Bonchev–Trinajstić information content (AvgIpc) is 2.79. The molecular formula is C23H29FN4O4. The van der Waals surface area contributed by atoms with Gasteiger partial charge < -0.3 is 19.9 Å². The summed E-state index contributed by atoms with van der Waals surface area (Å²) in [5.74, 6) is -0.355. The Hall–Kier alpha value is -2.46. The molecule has 1 aromatic carbocycles. The predicted octanol–water partition coefficient (Wildman–Crippen LogP) is 1.43. The van der Waals surface area contributed by atoms with Crippen molar-refractivity contribution in [1.29, 1.82) is 0 Å². The molecule has 2 N–H and O–H groups in total. The molecule has 0 aliphatic carbocycles. The van der Waals surface area contributed by atoms with Gasteiger partial charge >= 0.3 is 0 Å². The molecule has 0 bridgehead atoms. The SMILES string of the molecule is O=C(C[C@@H]1CC[C@@H]2[C@H](COC[C@@H](O)CN2Cc2ccc(F)cc2)O1)NCc1ccncn1. The molecule has 32 heavy (non-hydrogen) atoms. The van der Waals surface area contributed by atoms with E-state index in [1.807, 2.05) is 0 Å². The van der Waals surface area contributed by atoms with Crippen molar-refractivity contribution in [2.24, 2.45) is 0 Å². The lowest BCUT2D eigenvalue weighted by atomic mass is 9.94. The Morgan fingerprint density at radius 3 is 2.84 bits per heavy atom. The lowest BCUT2D eigenvalue weighted by Crippen LogP contribution is -2.55. The van der Waals surface area contributed by atoms with Crippen LogP contribution in [0.1, 0.15) is 30.5 Å². The van der Waals surface area contributed by atoms with E-state index in [1.165, 1.54) is 18.5 Å². The van der Waals surface area contributed by atoms with E-state index >= 15 is 0 Å². The molecule has 0 radical (unpaired) electrons. The topological polar surface area (TPSA) is 96.8 Å². The number of carbonyl (C=O) groups excluding carboxylic acids is 1. The minimum atomic E-state index is -0.596. The number of hydrogen-bond donors (Lipinski definition) is 2. The van der Waals surface area contributed by atoms with Gasteiger partial charge in [0.25, 0.3) is 0 Å². The number of rotatable bonds is 6. The normalized spacial score (nSPS) is 26.6. The number of carbonyl (C=O) groups is 1. The van der Waals surface area contributed by atoms with Gasteiger partial charge in [0, 0.05) is 25.3 Å². The highest BCUT2D eigenvalue weighted by molar-refractivity contribution is 5.76. The molecular weight excluding hydrogens is 415 g/mol. The first-order valence-corrected chi connectivity index (χ1v) is 11.0. The standard InChI is InChI=1S/C23H29FN4O4/c24-17-3-1-16(2-4-17)11-28-12-19(29)13-31-14-22-21(28)6-5-20(32-22)9-23(30)26-10-18-7-8-25-15-27-18/h1-4,7-8,15,19-22,29H,5-6,9-14H2,(H,26,30)/t19-,20-,21+,22-/m0/s1. The van der Waals surface area contributed by atoms with Crippen LogP contribution in [0, 0.1) is 5.82 Å². The first kappa shape index (κ1) is 22.7. The van der Waals surface area contributed by atoms with Gasteiger partial charge in [-0.1, -0.05) is 12.1 Å². The molecule has 0 spiro atoms. The molecule has 8 nitrogen and oxygen atoms in total. The van der Waals surface area contributed by atoms with E-state index in [1.54, 1.807) is 24.4 Å². The van der Waals surface area contributed by atoms with Gasteiger partial charge in [0.2, 0.25) is 5.91 Å². The Labute approximate surface area is 186 Å². The monoisotopic (exact) mass is 444 g/mol. The summed E-state index contributed by atoms with van der Waals surface area (Å²) in [5, 5.41) is 13.2. The first-order chi connectivity index (χ1) is 15.6. The number of aliphatic hydroxyl groups excluding tert-OH is 1. The zero-order valence-electron chi connectivity index (χ0n) is 17.9. The number of ether oxygens (including phenoxy) is 2. The second-order valence-electron chi connectivity index (χ2n) is 8.37. The van der Waals surface area contributed by atoms with Gasteiger partial charge in [-0.2, -0.15) is 0 Å². The van der Waals surface area contributed by atoms with E-state index in [2.05, 4.69) is 20.2 Å². The number of nitrogens with one attached hydrogen (secondary N) is 1. The summed E-state index contributed by atoms with van der Waals surface area (Å²) in [6.07, 6.45) is 3.94. The third-order valence-electron chi connectivity index (χ3n) is 5.91. The molecule has 1 aromatic heterocycles. The molecule has 2 aliphatic rings. The number of benzene rings is 1. The molecule has 2 fully saturated rings. The summed E-state index contributed by atoms with van der Waals surface area (Å²) in [6.45, 7) is 1.99. The maximum absolute atomic E-state index is 13.3. The molecule has 9 heteroatoms. The lowest BCUT2D eigenvalue weighted by Gasteiger charge is -2.44. The van der Waals surface area contributed by atoms with Crippen LogP contribution in [0.3, 0.4) is 0 Å². The molecule has 4 atom stereocenters. The van der Waals surface area contributed by atoms with Crippen molar-refractivity contribution in [2.75, 3.05) is 19.8 Å². The van der Waals surface area contributed by atoms with Gasteiger partial charge in [0.05, 0.1) is 50.2 Å². The van der Waals surface area contributed by atoms with Crippen molar-refractivity contribution in [2.45, 2.75) is 56.7 Å². The van der Waals surface area contributed by atoms with Gasteiger partial charge in [-0.3, -0.25) is 9.69 Å². The van der Waals surface area contributed by atoms with Crippen molar-refractivity contribution in [1.82, 2.24) is 20.2 Å². The number of hydrogen-bond acceptors (Lipinski definition) is 7. The maximum atomic E-state index is 13.3. The van der Waals surface area contributed by atoms with E-state index in [9.17, 15) is 14.3 Å². The van der Waals surface area contributed by atoms with Crippen molar-refractivity contribution >= 4 is 5.91 Å². The second-order valence-corrected chi connectivity index (χ2v) is 8.37. The molecule has 2 aromatic rings. The van der Waals surface area contributed by atoms with Gasteiger partial charge in [-0.15, -0.1) is 0 Å². The molecule has 1 amide bonds.